The number of halogens is 3. The molecule has 0 atom stereocenters. The molecule has 0 bridgehead atoms. The quantitative estimate of drug-likeness (QED) is 0.719. The molecule has 1 aliphatic heterocycles. The maximum Gasteiger partial charge on any atom is 0.435 e. The van der Waals surface area contributed by atoms with Gasteiger partial charge in [-0.1, -0.05) is 18.2 Å². The van der Waals surface area contributed by atoms with Gasteiger partial charge in [0.2, 0.25) is 0 Å². The minimum atomic E-state index is -4.51. The summed E-state index contributed by atoms with van der Waals surface area (Å²) in [4.78, 5) is 13.8. The molecule has 0 saturated carbocycles. The number of hydrogen-bond acceptors (Lipinski definition) is 3. The zero-order valence-corrected chi connectivity index (χ0v) is 16.2. The topological polar surface area (TPSA) is 47.4 Å². The maximum atomic E-state index is 13.2. The molecule has 1 aromatic carbocycles. The molecule has 0 radical (unpaired) electrons. The molecule has 8 heteroatoms. The third-order valence-corrected chi connectivity index (χ3v) is 4.59. The van der Waals surface area contributed by atoms with E-state index in [2.05, 4.69) is 5.10 Å². The molecule has 5 nitrogen and oxygen atoms in total. The molecule has 0 spiro atoms. The van der Waals surface area contributed by atoms with Crippen molar-refractivity contribution in [2.45, 2.75) is 51.3 Å². The fourth-order valence-electron chi connectivity index (χ4n) is 3.29. The number of likely N-dealkylation sites (tertiary alicyclic amines) is 1. The number of rotatable bonds is 2. The highest BCUT2D eigenvalue weighted by molar-refractivity contribution is 5.68. The van der Waals surface area contributed by atoms with Crippen molar-refractivity contribution in [2.24, 2.45) is 0 Å². The number of benzene rings is 1. The summed E-state index contributed by atoms with van der Waals surface area (Å²) >= 11 is 0. The molecule has 1 aliphatic rings. The molecule has 2 aromatic rings. The van der Waals surface area contributed by atoms with Crippen molar-refractivity contribution in [1.29, 1.82) is 0 Å². The lowest BCUT2D eigenvalue weighted by Gasteiger charge is -2.33. The molecule has 1 fully saturated rings. The Hall–Kier alpha value is -2.51. The van der Waals surface area contributed by atoms with Crippen LogP contribution in [-0.2, 0) is 10.9 Å². The van der Waals surface area contributed by atoms with Crippen LogP contribution in [0.15, 0.2) is 36.4 Å². The zero-order valence-electron chi connectivity index (χ0n) is 16.2. The Balaban J connectivity index is 1.81. The lowest BCUT2D eigenvalue weighted by molar-refractivity contribution is -0.141. The predicted octanol–water partition coefficient (Wildman–Crippen LogP) is 5.01. The van der Waals surface area contributed by atoms with Gasteiger partial charge in [-0.25, -0.2) is 9.48 Å². The van der Waals surface area contributed by atoms with Crippen LogP contribution >= 0.6 is 0 Å². The zero-order chi connectivity index (χ0) is 20.5. The monoisotopic (exact) mass is 395 g/mol. The van der Waals surface area contributed by atoms with Gasteiger partial charge in [0.15, 0.2) is 5.69 Å². The Morgan fingerprint density at radius 1 is 1.11 bits per heavy atom. The standard InChI is InChI=1S/C20H24F3N3O2/c1-19(2,3)28-18(27)25-11-9-14(10-12-25)16-13-17(20(21,22)23)24-26(16)15-7-5-4-6-8-15/h4-8,13-14H,9-12H2,1-3H3. The number of alkyl halides is 3. The highest BCUT2D eigenvalue weighted by Gasteiger charge is 2.37. The summed E-state index contributed by atoms with van der Waals surface area (Å²) in [7, 11) is 0. The van der Waals surface area contributed by atoms with E-state index in [9.17, 15) is 18.0 Å². The minimum absolute atomic E-state index is 0.123. The van der Waals surface area contributed by atoms with Crippen molar-refractivity contribution in [3.63, 3.8) is 0 Å². The van der Waals surface area contributed by atoms with Crippen LogP contribution < -0.4 is 0 Å². The maximum absolute atomic E-state index is 13.2. The number of aromatic nitrogens is 2. The van der Waals surface area contributed by atoms with Crippen LogP contribution in [-0.4, -0.2) is 39.5 Å². The smallest absolute Gasteiger partial charge is 0.435 e. The summed E-state index contributed by atoms with van der Waals surface area (Å²) in [6, 6.07) is 9.91. The van der Waals surface area contributed by atoms with E-state index in [0.717, 1.165) is 6.07 Å². The SMILES string of the molecule is CC(C)(C)OC(=O)N1CCC(c2cc(C(F)(F)F)nn2-c2ccccc2)CC1. The Labute approximate surface area is 162 Å². The predicted molar refractivity (Wildman–Crippen MR) is 98.3 cm³/mol. The van der Waals surface area contributed by atoms with Gasteiger partial charge in [0.1, 0.15) is 5.60 Å². The van der Waals surface area contributed by atoms with E-state index in [1.807, 2.05) is 0 Å². The first-order valence-corrected chi connectivity index (χ1v) is 9.25. The molecule has 0 N–H and O–H groups in total. The second kappa shape index (κ2) is 7.48. The fourth-order valence-corrected chi connectivity index (χ4v) is 3.29. The van der Waals surface area contributed by atoms with Crippen LogP contribution in [0.25, 0.3) is 5.69 Å². The van der Waals surface area contributed by atoms with Gasteiger partial charge < -0.3 is 9.64 Å². The lowest BCUT2D eigenvalue weighted by Crippen LogP contribution is -2.41. The first-order valence-electron chi connectivity index (χ1n) is 9.25. The van der Waals surface area contributed by atoms with Crippen LogP contribution in [0.3, 0.4) is 0 Å². The number of amides is 1. The molecule has 0 aliphatic carbocycles. The molecular weight excluding hydrogens is 371 g/mol. The van der Waals surface area contributed by atoms with E-state index in [4.69, 9.17) is 4.74 Å². The molecule has 3 rings (SSSR count). The molecule has 2 heterocycles. The Morgan fingerprint density at radius 2 is 1.71 bits per heavy atom. The summed E-state index contributed by atoms with van der Waals surface area (Å²) in [5, 5.41) is 3.82. The third-order valence-electron chi connectivity index (χ3n) is 4.59. The largest absolute Gasteiger partial charge is 0.444 e. The van der Waals surface area contributed by atoms with E-state index in [1.165, 1.54) is 4.68 Å². The molecule has 0 unspecified atom stereocenters. The molecule has 28 heavy (non-hydrogen) atoms. The van der Waals surface area contributed by atoms with Gasteiger partial charge in [0, 0.05) is 24.7 Å². The first-order chi connectivity index (χ1) is 13.0. The number of carbonyl (C=O) groups is 1. The van der Waals surface area contributed by atoms with Gasteiger partial charge in [-0.05, 0) is 51.8 Å². The van der Waals surface area contributed by atoms with Gasteiger partial charge in [0.25, 0.3) is 0 Å². The second-order valence-corrected chi connectivity index (χ2v) is 7.94. The van der Waals surface area contributed by atoms with Crippen molar-refractivity contribution in [1.82, 2.24) is 14.7 Å². The molecule has 1 amide bonds. The number of para-hydroxylation sites is 1. The van der Waals surface area contributed by atoms with Gasteiger partial charge >= 0.3 is 12.3 Å². The van der Waals surface area contributed by atoms with Crippen molar-refractivity contribution < 1.29 is 22.7 Å². The molecular formula is C20H24F3N3O2. The first kappa shape index (κ1) is 20.2. The number of ether oxygens (including phenoxy) is 1. The minimum Gasteiger partial charge on any atom is -0.444 e. The van der Waals surface area contributed by atoms with E-state index in [1.54, 1.807) is 56.0 Å². The average Bonchev–Trinajstić information content (AvgIpc) is 3.07. The van der Waals surface area contributed by atoms with Crippen molar-refractivity contribution in [3.8, 4) is 5.69 Å². The number of piperidine rings is 1. The van der Waals surface area contributed by atoms with Gasteiger partial charge in [-0.2, -0.15) is 18.3 Å². The van der Waals surface area contributed by atoms with Crippen LogP contribution in [0.2, 0.25) is 0 Å². The fraction of sp³-hybridized carbons (Fsp3) is 0.500. The van der Waals surface area contributed by atoms with Crippen LogP contribution in [0.1, 0.15) is 50.9 Å². The second-order valence-electron chi connectivity index (χ2n) is 7.94. The Bertz CT molecular complexity index is 817. The Kier molecular flexibility index (Phi) is 5.41. The number of nitrogens with zero attached hydrogens (tertiary/aromatic N) is 3. The molecule has 1 aromatic heterocycles. The van der Waals surface area contributed by atoms with Crippen molar-refractivity contribution in [3.05, 3.63) is 47.8 Å². The van der Waals surface area contributed by atoms with E-state index in [0.29, 0.717) is 37.3 Å². The Morgan fingerprint density at radius 3 is 2.25 bits per heavy atom. The van der Waals surface area contributed by atoms with Crippen molar-refractivity contribution >= 4 is 6.09 Å². The highest BCUT2D eigenvalue weighted by atomic mass is 19.4. The molecule has 1 saturated heterocycles. The highest BCUT2D eigenvalue weighted by Crippen LogP contribution is 2.35. The van der Waals surface area contributed by atoms with Crippen LogP contribution in [0, 0.1) is 0 Å². The van der Waals surface area contributed by atoms with Gasteiger partial charge in [-0.3, -0.25) is 0 Å². The number of hydrogen-bond donors (Lipinski definition) is 0. The van der Waals surface area contributed by atoms with E-state index >= 15 is 0 Å². The van der Waals surface area contributed by atoms with Gasteiger partial charge in [0.05, 0.1) is 5.69 Å². The van der Waals surface area contributed by atoms with E-state index in [-0.39, 0.29) is 5.92 Å². The summed E-state index contributed by atoms with van der Waals surface area (Å²) in [5.74, 6) is -0.123. The number of carbonyl (C=O) groups excluding carboxylic acids is 1. The third kappa shape index (κ3) is 4.66. The summed E-state index contributed by atoms with van der Waals surface area (Å²) in [6.07, 6.45) is -3.80. The normalized spacial score (nSPS) is 16.3. The lowest BCUT2D eigenvalue weighted by atomic mass is 9.93. The average molecular weight is 395 g/mol. The van der Waals surface area contributed by atoms with Crippen LogP contribution in [0.4, 0.5) is 18.0 Å². The summed E-state index contributed by atoms with van der Waals surface area (Å²) in [5.41, 5.74) is -0.382. The summed E-state index contributed by atoms with van der Waals surface area (Å²) in [6.45, 7) is 6.26. The van der Waals surface area contributed by atoms with Crippen molar-refractivity contribution in [2.75, 3.05) is 13.1 Å². The molecule has 152 valence electrons. The summed E-state index contributed by atoms with van der Waals surface area (Å²) < 4.78 is 46.5. The van der Waals surface area contributed by atoms with Gasteiger partial charge in [-0.15, -0.1) is 0 Å². The van der Waals surface area contributed by atoms with E-state index < -0.39 is 23.6 Å². The van der Waals surface area contributed by atoms with Crippen LogP contribution in [0.5, 0.6) is 0 Å².